The summed E-state index contributed by atoms with van der Waals surface area (Å²) in [4.78, 5) is 13.6. The first-order valence-electron chi connectivity index (χ1n) is 5.59. The zero-order chi connectivity index (χ0) is 10.7. The number of hydrogen-bond donors (Lipinski definition) is 0. The highest BCUT2D eigenvalue weighted by molar-refractivity contribution is 5.76. The molecule has 0 spiro atoms. The van der Waals surface area contributed by atoms with E-state index in [0.29, 0.717) is 5.91 Å². The summed E-state index contributed by atoms with van der Waals surface area (Å²) in [6.45, 7) is 3.81. The third kappa shape index (κ3) is 2.38. The second kappa shape index (κ2) is 4.47. The molecule has 1 aromatic carbocycles. The van der Waals surface area contributed by atoms with Crippen LogP contribution in [0.4, 0.5) is 0 Å². The molecule has 15 heavy (non-hydrogen) atoms. The summed E-state index contributed by atoms with van der Waals surface area (Å²) in [6, 6.07) is 8.29. The Hall–Kier alpha value is -1.31. The van der Waals surface area contributed by atoms with Gasteiger partial charge in [0.25, 0.3) is 0 Å². The summed E-state index contributed by atoms with van der Waals surface area (Å²) >= 11 is 0. The quantitative estimate of drug-likeness (QED) is 0.723. The maximum Gasteiger partial charge on any atom is 0.222 e. The highest BCUT2D eigenvalue weighted by Crippen LogP contribution is 2.16. The smallest absolute Gasteiger partial charge is 0.222 e. The number of carbonyl (C=O) groups is 1. The molecule has 1 fully saturated rings. The van der Waals surface area contributed by atoms with Crippen molar-refractivity contribution in [3.63, 3.8) is 0 Å². The van der Waals surface area contributed by atoms with Crippen molar-refractivity contribution in [3.05, 3.63) is 35.4 Å². The van der Waals surface area contributed by atoms with Crippen LogP contribution < -0.4 is 0 Å². The molecular weight excluding hydrogens is 186 g/mol. The van der Waals surface area contributed by atoms with Crippen molar-refractivity contribution in [1.29, 1.82) is 0 Å². The summed E-state index contributed by atoms with van der Waals surface area (Å²) in [5, 5.41) is 0. The number of piperidine rings is 1. The Morgan fingerprint density at radius 2 is 2.07 bits per heavy atom. The van der Waals surface area contributed by atoms with Gasteiger partial charge in [-0.1, -0.05) is 24.3 Å². The minimum atomic E-state index is 0.310. The van der Waals surface area contributed by atoms with E-state index in [9.17, 15) is 4.79 Å². The fourth-order valence-corrected chi connectivity index (χ4v) is 2.02. The number of rotatable bonds is 2. The molecule has 2 rings (SSSR count). The summed E-state index contributed by atoms with van der Waals surface area (Å²) < 4.78 is 0. The molecular formula is C13H17NO. The van der Waals surface area contributed by atoms with Crippen molar-refractivity contribution < 1.29 is 4.79 Å². The lowest BCUT2D eigenvalue weighted by molar-refractivity contribution is -0.133. The van der Waals surface area contributed by atoms with E-state index in [-0.39, 0.29) is 0 Å². The van der Waals surface area contributed by atoms with E-state index in [4.69, 9.17) is 0 Å². The Balaban J connectivity index is 2.08. The standard InChI is InChI=1S/C13H17NO/c1-11-6-2-3-7-12(11)10-14-9-5-4-8-13(14)15/h2-3,6-7H,4-5,8-10H2,1H3. The molecule has 0 N–H and O–H groups in total. The van der Waals surface area contributed by atoms with Crippen LogP contribution in [0.5, 0.6) is 0 Å². The number of amides is 1. The van der Waals surface area contributed by atoms with Gasteiger partial charge in [0.05, 0.1) is 0 Å². The first-order valence-corrected chi connectivity index (χ1v) is 5.59. The average molecular weight is 203 g/mol. The molecule has 1 aromatic rings. The molecule has 2 heteroatoms. The SMILES string of the molecule is Cc1ccccc1CN1CCCCC1=O. The molecule has 1 aliphatic rings. The van der Waals surface area contributed by atoms with Gasteiger partial charge in [-0.3, -0.25) is 4.79 Å². The third-order valence-corrected chi connectivity index (χ3v) is 3.04. The van der Waals surface area contributed by atoms with Gasteiger partial charge in [-0.25, -0.2) is 0 Å². The molecule has 2 nitrogen and oxygen atoms in total. The van der Waals surface area contributed by atoms with E-state index in [2.05, 4.69) is 19.1 Å². The minimum absolute atomic E-state index is 0.310. The predicted molar refractivity (Wildman–Crippen MR) is 60.4 cm³/mol. The number of likely N-dealkylation sites (tertiary alicyclic amines) is 1. The van der Waals surface area contributed by atoms with Gasteiger partial charge in [0.15, 0.2) is 0 Å². The first-order chi connectivity index (χ1) is 7.27. The second-order valence-electron chi connectivity index (χ2n) is 4.20. The van der Waals surface area contributed by atoms with Crippen LogP contribution in [0.2, 0.25) is 0 Å². The molecule has 1 aliphatic heterocycles. The van der Waals surface area contributed by atoms with Gasteiger partial charge >= 0.3 is 0 Å². The monoisotopic (exact) mass is 203 g/mol. The fourth-order valence-electron chi connectivity index (χ4n) is 2.02. The van der Waals surface area contributed by atoms with Gasteiger partial charge in [-0.15, -0.1) is 0 Å². The largest absolute Gasteiger partial charge is 0.338 e. The van der Waals surface area contributed by atoms with E-state index in [1.807, 2.05) is 17.0 Å². The van der Waals surface area contributed by atoms with Gasteiger partial charge in [0.2, 0.25) is 5.91 Å². The minimum Gasteiger partial charge on any atom is -0.338 e. The topological polar surface area (TPSA) is 20.3 Å². The lowest BCUT2D eigenvalue weighted by atomic mass is 10.1. The van der Waals surface area contributed by atoms with Crippen LogP contribution >= 0.6 is 0 Å². The summed E-state index contributed by atoms with van der Waals surface area (Å²) in [7, 11) is 0. The fraction of sp³-hybridized carbons (Fsp3) is 0.462. The number of carbonyl (C=O) groups excluding carboxylic acids is 1. The van der Waals surface area contributed by atoms with Crippen molar-refractivity contribution in [2.24, 2.45) is 0 Å². The van der Waals surface area contributed by atoms with Crippen molar-refractivity contribution in [2.45, 2.75) is 32.7 Å². The maximum atomic E-state index is 11.6. The van der Waals surface area contributed by atoms with E-state index >= 15 is 0 Å². The van der Waals surface area contributed by atoms with Gasteiger partial charge in [-0.05, 0) is 30.9 Å². The second-order valence-corrected chi connectivity index (χ2v) is 4.20. The molecule has 0 atom stereocenters. The molecule has 0 radical (unpaired) electrons. The maximum absolute atomic E-state index is 11.6. The zero-order valence-corrected chi connectivity index (χ0v) is 9.20. The van der Waals surface area contributed by atoms with Gasteiger partial charge < -0.3 is 4.90 Å². The van der Waals surface area contributed by atoms with E-state index in [1.165, 1.54) is 11.1 Å². The lowest BCUT2D eigenvalue weighted by Crippen LogP contribution is -2.34. The molecule has 1 amide bonds. The van der Waals surface area contributed by atoms with Crippen molar-refractivity contribution in [3.8, 4) is 0 Å². The Bertz CT molecular complexity index is 359. The normalized spacial score (nSPS) is 16.9. The van der Waals surface area contributed by atoms with Crippen LogP contribution in [0.15, 0.2) is 24.3 Å². The highest BCUT2D eigenvalue weighted by atomic mass is 16.2. The van der Waals surface area contributed by atoms with E-state index in [0.717, 1.165) is 32.4 Å². The van der Waals surface area contributed by atoms with Crippen LogP contribution in [0, 0.1) is 6.92 Å². The van der Waals surface area contributed by atoms with Crippen LogP contribution in [0.1, 0.15) is 30.4 Å². The van der Waals surface area contributed by atoms with E-state index < -0.39 is 0 Å². The molecule has 0 unspecified atom stereocenters. The van der Waals surface area contributed by atoms with Crippen molar-refractivity contribution in [1.82, 2.24) is 4.90 Å². The molecule has 80 valence electrons. The van der Waals surface area contributed by atoms with Gasteiger partial charge in [0, 0.05) is 19.5 Å². The van der Waals surface area contributed by atoms with Crippen LogP contribution in [0.3, 0.4) is 0 Å². The number of aryl methyl sites for hydroxylation is 1. The molecule has 0 aromatic heterocycles. The Morgan fingerprint density at radius 3 is 2.80 bits per heavy atom. The van der Waals surface area contributed by atoms with Gasteiger partial charge in [-0.2, -0.15) is 0 Å². The summed E-state index contributed by atoms with van der Waals surface area (Å²) in [5.41, 5.74) is 2.55. The third-order valence-electron chi connectivity index (χ3n) is 3.04. The van der Waals surface area contributed by atoms with Crippen LogP contribution in [-0.2, 0) is 11.3 Å². The lowest BCUT2D eigenvalue weighted by Gasteiger charge is -2.27. The average Bonchev–Trinajstić information content (AvgIpc) is 2.24. The van der Waals surface area contributed by atoms with Crippen molar-refractivity contribution >= 4 is 5.91 Å². The Labute approximate surface area is 90.9 Å². The van der Waals surface area contributed by atoms with Crippen LogP contribution in [0.25, 0.3) is 0 Å². The summed E-state index contributed by atoms with van der Waals surface area (Å²) in [6.07, 6.45) is 2.94. The Morgan fingerprint density at radius 1 is 1.27 bits per heavy atom. The molecule has 1 saturated heterocycles. The van der Waals surface area contributed by atoms with E-state index in [1.54, 1.807) is 0 Å². The predicted octanol–water partition coefficient (Wildman–Crippen LogP) is 2.51. The van der Waals surface area contributed by atoms with Crippen LogP contribution in [-0.4, -0.2) is 17.4 Å². The zero-order valence-electron chi connectivity index (χ0n) is 9.20. The molecule has 0 aliphatic carbocycles. The first kappa shape index (κ1) is 10.2. The highest BCUT2D eigenvalue weighted by Gasteiger charge is 2.18. The van der Waals surface area contributed by atoms with Crippen molar-refractivity contribution in [2.75, 3.05) is 6.54 Å². The van der Waals surface area contributed by atoms with Gasteiger partial charge in [0.1, 0.15) is 0 Å². The number of nitrogens with zero attached hydrogens (tertiary/aromatic N) is 1. The molecule has 0 bridgehead atoms. The molecule has 1 heterocycles. The number of hydrogen-bond acceptors (Lipinski definition) is 1. The molecule has 0 saturated carbocycles. The summed E-state index contributed by atoms with van der Waals surface area (Å²) in [5.74, 6) is 0.310. The Kier molecular flexibility index (Phi) is 3.05. The number of benzene rings is 1.